The number of aryl methyl sites for hydroxylation is 1. The molecule has 1 aliphatic heterocycles. The van der Waals surface area contributed by atoms with E-state index < -0.39 is 11.7 Å². The van der Waals surface area contributed by atoms with Crippen LogP contribution in [0.3, 0.4) is 0 Å². The molecule has 2 atom stereocenters. The Morgan fingerprint density at radius 2 is 1.95 bits per heavy atom. The molecule has 2 aromatic heterocycles. The van der Waals surface area contributed by atoms with Crippen LogP contribution in [0.15, 0.2) is 59.4 Å². The summed E-state index contributed by atoms with van der Waals surface area (Å²) in [7, 11) is 3.20. The van der Waals surface area contributed by atoms with Crippen molar-refractivity contribution in [3.05, 3.63) is 99.7 Å². The summed E-state index contributed by atoms with van der Waals surface area (Å²) in [4.78, 5) is 14.1. The number of alkyl halides is 3. The number of halogens is 3. The Kier molecular flexibility index (Phi) is 7.53. The van der Waals surface area contributed by atoms with E-state index in [-0.39, 0.29) is 31.0 Å². The van der Waals surface area contributed by atoms with E-state index in [9.17, 15) is 18.0 Å². The number of benzene rings is 2. The molecule has 0 radical (unpaired) electrons. The highest BCUT2D eigenvalue weighted by Crippen LogP contribution is 2.43. The van der Waals surface area contributed by atoms with Gasteiger partial charge in [0.25, 0.3) is 0 Å². The summed E-state index contributed by atoms with van der Waals surface area (Å²) < 4.78 is 60.4. The van der Waals surface area contributed by atoms with Crippen LogP contribution < -0.4 is 4.74 Å². The van der Waals surface area contributed by atoms with Gasteiger partial charge in [-0.1, -0.05) is 23.4 Å². The number of nitrogens with zero attached hydrogens (tertiary/aromatic N) is 4. The summed E-state index contributed by atoms with van der Waals surface area (Å²) in [6.07, 6.45) is 0.500. The smallest absolute Gasteiger partial charge is 0.416 e. The second kappa shape index (κ2) is 11.3. The van der Waals surface area contributed by atoms with Crippen LogP contribution in [0.4, 0.5) is 13.2 Å². The standard InChI is InChI=1S/C31H31F3N4O4/c1-37-16-20-17-38(13-11-27(20)35-37)18-25-22-8-10-29(23(22)7-9-26(25)31(32,33)34)42-21-5-3-19(4-6-21)24(15-30(39)40-2)28-12-14-41-36-28/h3-7,9,12,14,16,24,29H,8,10-11,13,15,17-18H2,1-2H3/t24-,29+/m0/s1. The molecule has 42 heavy (non-hydrogen) atoms. The predicted octanol–water partition coefficient (Wildman–Crippen LogP) is 5.75. The largest absolute Gasteiger partial charge is 0.486 e. The molecular weight excluding hydrogens is 549 g/mol. The zero-order valence-corrected chi connectivity index (χ0v) is 23.4. The lowest BCUT2D eigenvalue weighted by Crippen LogP contribution is -2.31. The van der Waals surface area contributed by atoms with Crippen LogP contribution in [0, 0.1) is 0 Å². The number of methoxy groups -OCH3 is 1. The molecule has 8 nitrogen and oxygen atoms in total. The first kappa shape index (κ1) is 28.0. The van der Waals surface area contributed by atoms with Gasteiger partial charge in [0.2, 0.25) is 0 Å². The second-order valence-corrected chi connectivity index (χ2v) is 10.9. The third kappa shape index (κ3) is 5.65. The van der Waals surface area contributed by atoms with E-state index in [1.54, 1.807) is 16.8 Å². The van der Waals surface area contributed by atoms with E-state index in [0.717, 1.165) is 27.9 Å². The number of fused-ring (bicyclic) bond motifs is 2. The van der Waals surface area contributed by atoms with Crippen molar-refractivity contribution >= 4 is 5.97 Å². The maximum atomic E-state index is 14.2. The van der Waals surface area contributed by atoms with Crippen LogP contribution in [0.2, 0.25) is 0 Å². The number of carbonyl (C=O) groups excluding carboxylic acids is 1. The zero-order chi connectivity index (χ0) is 29.4. The third-order valence-corrected chi connectivity index (χ3v) is 8.18. The molecule has 1 aliphatic carbocycles. The van der Waals surface area contributed by atoms with E-state index in [1.165, 1.54) is 19.4 Å². The van der Waals surface area contributed by atoms with E-state index in [1.807, 2.05) is 37.5 Å². The Morgan fingerprint density at radius 1 is 1.14 bits per heavy atom. The van der Waals surface area contributed by atoms with Gasteiger partial charge in [0.05, 0.1) is 30.5 Å². The zero-order valence-electron chi connectivity index (χ0n) is 23.4. The molecule has 0 fully saturated rings. The first-order chi connectivity index (χ1) is 20.2. The summed E-state index contributed by atoms with van der Waals surface area (Å²) in [5.74, 6) is -0.126. The summed E-state index contributed by atoms with van der Waals surface area (Å²) in [6.45, 7) is 1.45. The van der Waals surface area contributed by atoms with E-state index in [4.69, 9.17) is 14.0 Å². The highest BCUT2D eigenvalue weighted by Gasteiger charge is 2.38. The molecule has 0 N–H and O–H groups in total. The molecule has 2 aliphatic rings. The van der Waals surface area contributed by atoms with E-state index >= 15 is 0 Å². The highest BCUT2D eigenvalue weighted by molar-refractivity contribution is 5.71. The van der Waals surface area contributed by atoms with Gasteiger partial charge in [0.15, 0.2) is 0 Å². The molecule has 220 valence electrons. The summed E-state index contributed by atoms with van der Waals surface area (Å²) in [6, 6.07) is 11.8. The minimum absolute atomic E-state index is 0.0999. The third-order valence-electron chi connectivity index (χ3n) is 8.18. The van der Waals surface area contributed by atoms with Gasteiger partial charge in [-0.25, -0.2) is 0 Å². The Bertz CT molecular complexity index is 1560. The molecular formula is C31H31F3N4O4. The quantitative estimate of drug-likeness (QED) is 0.246. The molecule has 0 saturated heterocycles. The molecule has 4 aromatic rings. The number of ether oxygens (including phenoxy) is 2. The van der Waals surface area contributed by atoms with Crippen molar-refractivity contribution in [1.29, 1.82) is 0 Å². The highest BCUT2D eigenvalue weighted by atomic mass is 19.4. The minimum atomic E-state index is -4.45. The number of carbonyl (C=O) groups is 1. The maximum absolute atomic E-state index is 14.2. The van der Waals surface area contributed by atoms with Crippen LogP contribution in [-0.2, 0) is 48.7 Å². The van der Waals surface area contributed by atoms with Crippen molar-refractivity contribution in [3.63, 3.8) is 0 Å². The fraction of sp³-hybridized carbons (Fsp3) is 0.387. The van der Waals surface area contributed by atoms with Gasteiger partial charge >= 0.3 is 12.1 Å². The number of rotatable bonds is 8. The normalized spacial score (nSPS) is 17.5. The first-order valence-corrected chi connectivity index (χ1v) is 13.9. The molecule has 11 heteroatoms. The van der Waals surface area contributed by atoms with Crippen LogP contribution in [0.5, 0.6) is 5.75 Å². The van der Waals surface area contributed by atoms with Crippen molar-refractivity contribution in [2.75, 3.05) is 13.7 Å². The van der Waals surface area contributed by atoms with Gasteiger partial charge in [-0.05, 0) is 53.3 Å². The summed E-state index contributed by atoms with van der Waals surface area (Å²) in [5.41, 5.74) is 4.82. The van der Waals surface area contributed by atoms with Crippen molar-refractivity contribution in [1.82, 2.24) is 19.8 Å². The summed E-state index contributed by atoms with van der Waals surface area (Å²) in [5, 5.41) is 8.46. The van der Waals surface area contributed by atoms with Gasteiger partial charge in [-0.2, -0.15) is 18.3 Å². The maximum Gasteiger partial charge on any atom is 0.416 e. The van der Waals surface area contributed by atoms with Crippen molar-refractivity contribution in [2.45, 2.75) is 57.0 Å². The SMILES string of the molecule is COC(=O)C[C@@H](c1ccc(O[C@@H]2CCc3c2ccc(C(F)(F)F)c3CN2CCc3nn(C)cc3C2)cc1)c1ccon1. The van der Waals surface area contributed by atoms with Gasteiger partial charge in [-0.3, -0.25) is 14.4 Å². The van der Waals surface area contributed by atoms with E-state index in [0.29, 0.717) is 49.4 Å². The Labute approximate surface area is 241 Å². The van der Waals surface area contributed by atoms with Crippen LogP contribution in [0.25, 0.3) is 0 Å². The average molecular weight is 581 g/mol. The molecule has 0 saturated carbocycles. The lowest BCUT2D eigenvalue weighted by molar-refractivity contribution is -0.141. The molecule has 0 amide bonds. The van der Waals surface area contributed by atoms with Crippen LogP contribution in [-0.4, -0.2) is 39.5 Å². The van der Waals surface area contributed by atoms with Crippen molar-refractivity contribution < 1.29 is 32.0 Å². The van der Waals surface area contributed by atoms with Crippen molar-refractivity contribution in [2.24, 2.45) is 7.05 Å². The minimum Gasteiger partial charge on any atom is -0.486 e. The molecule has 2 aromatic carbocycles. The van der Waals surface area contributed by atoms with Gasteiger partial charge in [0.1, 0.15) is 18.1 Å². The van der Waals surface area contributed by atoms with Gasteiger partial charge in [0, 0.05) is 56.8 Å². The van der Waals surface area contributed by atoms with E-state index in [2.05, 4.69) is 15.2 Å². The number of hydrogen-bond acceptors (Lipinski definition) is 7. The molecule has 0 spiro atoms. The monoisotopic (exact) mass is 580 g/mol. The summed E-state index contributed by atoms with van der Waals surface area (Å²) >= 11 is 0. The topological polar surface area (TPSA) is 82.6 Å². The number of esters is 1. The fourth-order valence-corrected chi connectivity index (χ4v) is 6.16. The van der Waals surface area contributed by atoms with Crippen LogP contribution in [0.1, 0.15) is 69.6 Å². The van der Waals surface area contributed by atoms with Crippen molar-refractivity contribution in [3.8, 4) is 5.75 Å². The average Bonchev–Trinajstić information content (AvgIpc) is 3.71. The fourth-order valence-electron chi connectivity index (χ4n) is 6.16. The number of hydrogen-bond donors (Lipinski definition) is 0. The molecule has 0 unspecified atom stereocenters. The van der Waals surface area contributed by atoms with Gasteiger partial charge < -0.3 is 14.0 Å². The first-order valence-electron chi connectivity index (χ1n) is 13.9. The molecule has 6 rings (SSSR count). The van der Waals surface area contributed by atoms with Crippen LogP contribution >= 0.6 is 0 Å². The predicted molar refractivity (Wildman–Crippen MR) is 146 cm³/mol. The lowest BCUT2D eigenvalue weighted by Gasteiger charge is -2.28. The molecule has 3 heterocycles. The Morgan fingerprint density at radius 3 is 2.67 bits per heavy atom. The lowest BCUT2D eigenvalue weighted by atomic mass is 9.92. The Hall–Kier alpha value is -4.12. The Balaban J connectivity index is 1.22. The van der Waals surface area contributed by atoms with Gasteiger partial charge in [-0.15, -0.1) is 0 Å². The second-order valence-electron chi connectivity index (χ2n) is 10.9. The number of aromatic nitrogens is 3. The molecule has 0 bridgehead atoms.